The molecule has 3 heteroatoms. The Kier molecular flexibility index (Phi) is 2.95. The van der Waals surface area contributed by atoms with Gasteiger partial charge in [-0.3, -0.25) is 4.79 Å². The molecule has 2 nitrogen and oxygen atoms in total. The predicted molar refractivity (Wildman–Crippen MR) is 60.9 cm³/mol. The maximum Gasteiger partial charge on any atom is 0.254 e. The van der Waals surface area contributed by atoms with E-state index >= 15 is 0 Å². The van der Waals surface area contributed by atoms with Gasteiger partial charge in [0.1, 0.15) is 5.82 Å². The summed E-state index contributed by atoms with van der Waals surface area (Å²) in [5.74, 6) is -0.367. The Bertz CT molecular complexity index is 416. The first-order valence-corrected chi connectivity index (χ1v) is 5.73. The number of fused-ring (bicyclic) bond motifs is 1. The fourth-order valence-corrected chi connectivity index (χ4v) is 2.10. The quantitative estimate of drug-likeness (QED) is 0.751. The zero-order valence-electron chi connectivity index (χ0n) is 9.66. The van der Waals surface area contributed by atoms with Gasteiger partial charge in [0, 0.05) is 18.2 Å². The largest absolute Gasteiger partial charge is 0.336 e. The fraction of sp³-hybridized carbons (Fsp3) is 0.462. The summed E-state index contributed by atoms with van der Waals surface area (Å²) in [6.07, 6.45) is 1.75. The molecule has 0 saturated carbocycles. The molecule has 1 aliphatic rings. The summed E-state index contributed by atoms with van der Waals surface area (Å²) < 4.78 is 13.1. The fourth-order valence-electron chi connectivity index (χ4n) is 2.10. The standard InChI is InChI=1S/C13H16FNO/c1-3-9(2)15-7-6-10-4-5-11(14)8-12(10)13(15)16/h4-5,8-9H,3,6-7H2,1-2H3. The predicted octanol–water partition coefficient (Wildman–Crippen LogP) is 2.62. The highest BCUT2D eigenvalue weighted by Gasteiger charge is 2.27. The summed E-state index contributed by atoms with van der Waals surface area (Å²) in [6.45, 7) is 4.83. The molecule has 0 radical (unpaired) electrons. The lowest BCUT2D eigenvalue weighted by Crippen LogP contribution is -2.43. The molecule has 0 bridgehead atoms. The number of benzene rings is 1. The van der Waals surface area contributed by atoms with Crippen LogP contribution >= 0.6 is 0 Å². The molecule has 0 aromatic heterocycles. The van der Waals surface area contributed by atoms with Crippen molar-refractivity contribution in [2.75, 3.05) is 6.54 Å². The maximum absolute atomic E-state index is 13.1. The molecule has 1 atom stereocenters. The number of nitrogens with zero attached hydrogens (tertiary/aromatic N) is 1. The van der Waals surface area contributed by atoms with Crippen LogP contribution in [0.15, 0.2) is 18.2 Å². The minimum atomic E-state index is -0.335. The highest BCUT2D eigenvalue weighted by atomic mass is 19.1. The molecule has 1 aromatic rings. The third-order valence-corrected chi connectivity index (χ3v) is 3.31. The molecule has 2 rings (SSSR count). The Balaban J connectivity index is 2.34. The van der Waals surface area contributed by atoms with Gasteiger partial charge in [-0.1, -0.05) is 13.0 Å². The van der Waals surface area contributed by atoms with E-state index in [4.69, 9.17) is 0 Å². The number of hydrogen-bond acceptors (Lipinski definition) is 1. The summed E-state index contributed by atoms with van der Waals surface area (Å²) in [7, 11) is 0. The van der Waals surface area contributed by atoms with Crippen molar-refractivity contribution >= 4 is 5.91 Å². The average molecular weight is 221 g/mol. The van der Waals surface area contributed by atoms with E-state index in [-0.39, 0.29) is 17.8 Å². The Morgan fingerprint density at radius 2 is 2.25 bits per heavy atom. The van der Waals surface area contributed by atoms with E-state index in [1.807, 2.05) is 11.8 Å². The van der Waals surface area contributed by atoms with Gasteiger partial charge in [-0.25, -0.2) is 4.39 Å². The Morgan fingerprint density at radius 1 is 1.50 bits per heavy atom. The van der Waals surface area contributed by atoms with Crippen molar-refractivity contribution in [2.45, 2.75) is 32.7 Å². The normalized spacial score (nSPS) is 17.2. The zero-order chi connectivity index (χ0) is 11.7. The molecule has 86 valence electrons. The summed E-state index contributed by atoms with van der Waals surface area (Å²) in [4.78, 5) is 14.0. The molecule has 0 aliphatic carbocycles. The number of rotatable bonds is 2. The molecule has 0 N–H and O–H groups in total. The van der Waals surface area contributed by atoms with Crippen molar-refractivity contribution in [1.29, 1.82) is 0 Å². The lowest BCUT2D eigenvalue weighted by Gasteiger charge is -2.33. The van der Waals surface area contributed by atoms with Gasteiger partial charge in [0.05, 0.1) is 0 Å². The van der Waals surface area contributed by atoms with E-state index in [1.54, 1.807) is 6.07 Å². The van der Waals surface area contributed by atoms with Crippen molar-refractivity contribution in [2.24, 2.45) is 0 Å². The first kappa shape index (κ1) is 11.1. The maximum atomic E-state index is 13.1. The van der Waals surface area contributed by atoms with Gasteiger partial charge in [-0.2, -0.15) is 0 Å². The van der Waals surface area contributed by atoms with Crippen LogP contribution in [0.25, 0.3) is 0 Å². The Morgan fingerprint density at radius 3 is 2.94 bits per heavy atom. The smallest absolute Gasteiger partial charge is 0.254 e. The molecule has 1 unspecified atom stereocenters. The second-order valence-corrected chi connectivity index (χ2v) is 4.31. The van der Waals surface area contributed by atoms with Gasteiger partial charge in [0.15, 0.2) is 0 Å². The SMILES string of the molecule is CCC(C)N1CCc2ccc(F)cc2C1=O. The van der Waals surface area contributed by atoms with E-state index in [0.29, 0.717) is 5.56 Å². The molecular formula is C13H16FNO. The summed E-state index contributed by atoms with van der Waals surface area (Å²) in [6, 6.07) is 4.72. The third kappa shape index (κ3) is 1.82. The van der Waals surface area contributed by atoms with Crippen LogP contribution < -0.4 is 0 Å². The van der Waals surface area contributed by atoms with Crippen molar-refractivity contribution in [3.05, 3.63) is 35.1 Å². The first-order chi connectivity index (χ1) is 7.63. The Labute approximate surface area is 95.1 Å². The molecule has 1 aliphatic heterocycles. The average Bonchev–Trinajstić information content (AvgIpc) is 2.29. The molecule has 0 fully saturated rings. The molecule has 0 saturated heterocycles. The van der Waals surface area contributed by atoms with E-state index in [1.165, 1.54) is 12.1 Å². The van der Waals surface area contributed by atoms with Crippen molar-refractivity contribution in [3.63, 3.8) is 0 Å². The minimum Gasteiger partial charge on any atom is -0.336 e. The monoisotopic (exact) mass is 221 g/mol. The first-order valence-electron chi connectivity index (χ1n) is 5.73. The summed E-state index contributed by atoms with van der Waals surface area (Å²) in [5, 5.41) is 0. The number of hydrogen-bond donors (Lipinski definition) is 0. The van der Waals surface area contributed by atoms with Gasteiger partial charge < -0.3 is 4.90 Å². The molecule has 1 aromatic carbocycles. The zero-order valence-corrected chi connectivity index (χ0v) is 9.66. The van der Waals surface area contributed by atoms with Crippen LogP contribution in [0.1, 0.15) is 36.2 Å². The van der Waals surface area contributed by atoms with Crippen LogP contribution in [-0.2, 0) is 6.42 Å². The molecule has 1 heterocycles. The molecule has 16 heavy (non-hydrogen) atoms. The van der Waals surface area contributed by atoms with E-state index in [0.717, 1.165) is 24.9 Å². The molecule has 1 amide bonds. The number of halogens is 1. The molecular weight excluding hydrogens is 205 g/mol. The highest BCUT2D eigenvalue weighted by Crippen LogP contribution is 2.22. The second kappa shape index (κ2) is 4.24. The van der Waals surface area contributed by atoms with E-state index < -0.39 is 0 Å². The highest BCUT2D eigenvalue weighted by molar-refractivity contribution is 5.96. The van der Waals surface area contributed by atoms with E-state index in [9.17, 15) is 9.18 Å². The lowest BCUT2D eigenvalue weighted by molar-refractivity contribution is 0.0669. The topological polar surface area (TPSA) is 20.3 Å². The Hall–Kier alpha value is -1.38. The van der Waals surface area contributed by atoms with Crippen molar-refractivity contribution < 1.29 is 9.18 Å². The van der Waals surface area contributed by atoms with Crippen LogP contribution in [0.4, 0.5) is 4.39 Å². The van der Waals surface area contributed by atoms with E-state index in [2.05, 4.69) is 6.92 Å². The van der Waals surface area contributed by atoms with Gasteiger partial charge in [0.2, 0.25) is 0 Å². The summed E-state index contributed by atoms with van der Waals surface area (Å²) in [5.41, 5.74) is 1.50. The molecule has 0 spiro atoms. The third-order valence-electron chi connectivity index (χ3n) is 3.31. The number of carbonyl (C=O) groups excluding carboxylic acids is 1. The van der Waals surface area contributed by atoms with Gasteiger partial charge in [-0.15, -0.1) is 0 Å². The second-order valence-electron chi connectivity index (χ2n) is 4.31. The van der Waals surface area contributed by atoms with Crippen molar-refractivity contribution in [1.82, 2.24) is 4.90 Å². The lowest BCUT2D eigenvalue weighted by atomic mass is 9.97. The van der Waals surface area contributed by atoms with Gasteiger partial charge >= 0.3 is 0 Å². The van der Waals surface area contributed by atoms with Crippen LogP contribution in [0.2, 0.25) is 0 Å². The number of amides is 1. The number of carbonyl (C=O) groups is 1. The van der Waals surface area contributed by atoms with Gasteiger partial charge in [0.25, 0.3) is 5.91 Å². The van der Waals surface area contributed by atoms with Crippen molar-refractivity contribution in [3.8, 4) is 0 Å². The van der Waals surface area contributed by atoms with Crippen LogP contribution in [0.5, 0.6) is 0 Å². The van der Waals surface area contributed by atoms with Crippen LogP contribution in [0, 0.1) is 5.82 Å². The minimum absolute atomic E-state index is 0.0323. The van der Waals surface area contributed by atoms with Crippen LogP contribution in [0.3, 0.4) is 0 Å². The van der Waals surface area contributed by atoms with Gasteiger partial charge in [-0.05, 0) is 37.5 Å². The summed E-state index contributed by atoms with van der Waals surface area (Å²) >= 11 is 0. The van der Waals surface area contributed by atoms with Crippen LogP contribution in [-0.4, -0.2) is 23.4 Å².